The van der Waals surface area contributed by atoms with Crippen molar-refractivity contribution in [3.63, 3.8) is 0 Å². The highest BCUT2D eigenvalue weighted by Crippen LogP contribution is 2.37. The molecule has 0 radical (unpaired) electrons. The lowest BCUT2D eigenvalue weighted by Crippen LogP contribution is -2.64. The molecule has 1 fully saturated rings. The first kappa shape index (κ1) is 21.2. The fourth-order valence-corrected chi connectivity index (χ4v) is 4.84. The molecule has 0 saturated carbocycles. The van der Waals surface area contributed by atoms with Crippen LogP contribution >= 0.6 is 0 Å². The third-order valence-corrected chi connectivity index (χ3v) is 6.54. The predicted molar refractivity (Wildman–Crippen MR) is 124 cm³/mol. The molecule has 5 rings (SSSR count). The van der Waals surface area contributed by atoms with Crippen LogP contribution in [-0.4, -0.2) is 45.7 Å². The number of hydroxylamine groups is 1. The number of piperidine rings is 1. The van der Waals surface area contributed by atoms with E-state index in [1.54, 1.807) is 23.7 Å². The van der Waals surface area contributed by atoms with E-state index in [9.17, 15) is 9.59 Å². The standard InChI is InChI=1S/C25H26N4O4/c1-16(20-14-26-21-6-3-2-5-18(20)21)29-12-4-11-25(15-29)27-24(31)19-13-17(7-9-22(19)33-25)8-10-23(30)28-32/h2-3,5-10,13-14,16,26,32H,4,11-12,15H2,1H3,(H,27,31)(H,28,30). The number of rotatable bonds is 4. The lowest BCUT2D eigenvalue weighted by molar-refractivity contribution is -0.124. The first-order chi connectivity index (χ1) is 16.0. The van der Waals surface area contributed by atoms with Crippen LogP contribution < -0.4 is 15.5 Å². The molecule has 1 aromatic heterocycles. The molecular formula is C25H26N4O4. The topological polar surface area (TPSA) is 107 Å². The number of nitrogens with one attached hydrogen (secondary N) is 3. The summed E-state index contributed by atoms with van der Waals surface area (Å²) < 4.78 is 6.39. The maximum Gasteiger partial charge on any atom is 0.267 e. The molecule has 2 aliphatic rings. The van der Waals surface area contributed by atoms with Crippen LogP contribution in [0.1, 0.15) is 47.3 Å². The fourth-order valence-electron chi connectivity index (χ4n) is 4.84. The van der Waals surface area contributed by atoms with E-state index < -0.39 is 11.6 Å². The second-order valence-corrected chi connectivity index (χ2v) is 8.66. The molecule has 170 valence electrons. The average Bonchev–Trinajstić information content (AvgIpc) is 3.26. The van der Waals surface area contributed by atoms with Gasteiger partial charge >= 0.3 is 0 Å². The van der Waals surface area contributed by atoms with E-state index in [0.29, 0.717) is 23.4 Å². The number of amides is 2. The van der Waals surface area contributed by atoms with Gasteiger partial charge in [0.15, 0.2) is 5.72 Å². The summed E-state index contributed by atoms with van der Waals surface area (Å²) in [5.41, 5.74) is 4.19. The summed E-state index contributed by atoms with van der Waals surface area (Å²) in [6.07, 6.45) is 6.41. The van der Waals surface area contributed by atoms with E-state index >= 15 is 0 Å². The minimum Gasteiger partial charge on any atom is -0.466 e. The van der Waals surface area contributed by atoms with Crippen LogP contribution in [0.3, 0.4) is 0 Å². The quantitative estimate of drug-likeness (QED) is 0.279. The minimum atomic E-state index is -0.781. The van der Waals surface area contributed by atoms with Crippen molar-refractivity contribution < 1.29 is 19.5 Å². The Hall–Kier alpha value is -3.62. The molecule has 1 saturated heterocycles. The lowest BCUT2D eigenvalue weighted by Gasteiger charge is -2.47. The van der Waals surface area contributed by atoms with Crippen molar-refractivity contribution in [3.8, 4) is 5.75 Å². The van der Waals surface area contributed by atoms with Gasteiger partial charge in [0.2, 0.25) is 0 Å². The van der Waals surface area contributed by atoms with Crippen molar-refractivity contribution in [1.29, 1.82) is 0 Å². The van der Waals surface area contributed by atoms with Crippen LogP contribution in [0.2, 0.25) is 0 Å². The molecule has 2 aromatic carbocycles. The van der Waals surface area contributed by atoms with Crippen molar-refractivity contribution >= 4 is 28.8 Å². The molecule has 4 N–H and O–H groups in total. The van der Waals surface area contributed by atoms with Crippen LogP contribution in [0.25, 0.3) is 17.0 Å². The zero-order valence-electron chi connectivity index (χ0n) is 18.3. The number of nitrogens with zero attached hydrogens (tertiary/aromatic N) is 1. The smallest absolute Gasteiger partial charge is 0.267 e. The Balaban J connectivity index is 1.37. The van der Waals surface area contributed by atoms with E-state index in [0.717, 1.165) is 24.9 Å². The molecule has 0 aliphatic carbocycles. The zero-order valence-corrected chi connectivity index (χ0v) is 18.3. The first-order valence-corrected chi connectivity index (χ1v) is 11.1. The minimum absolute atomic E-state index is 0.158. The number of fused-ring (bicyclic) bond motifs is 2. The third kappa shape index (κ3) is 3.99. The van der Waals surface area contributed by atoms with Gasteiger partial charge in [0.1, 0.15) is 5.75 Å². The van der Waals surface area contributed by atoms with Gasteiger partial charge in [-0.25, -0.2) is 5.48 Å². The molecule has 3 aromatic rings. The van der Waals surface area contributed by atoms with Gasteiger partial charge < -0.3 is 15.0 Å². The lowest BCUT2D eigenvalue weighted by atomic mass is 9.95. The van der Waals surface area contributed by atoms with Gasteiger partial charge in [0.05, 0.1) is 12.1 Å². The van der Waals surface area contributed by atoms with Gasteiger partial charge in [-0.3, -0.25) is 19.7 Å². The normalized spacial score (nSPS) is 21.6. The van der Waals surface area contributed by atoms with Gasteiger partial charge in [-0.15, -0.1) is 0 Å². The number of para-hydroxylation sites is 1. The number of H-pyrrole nitrogens is 1. The van der Waals surface area contributed by atoms with Crippen LogP contribution in [-0.2, 0) is 4.79 Å². The molecule has 2 amide bonds. The molecule has 8 nitrogen and oxygen atoms in total. The Bertz CT molecular complexity index is 1250. The highest BCUT2D eigenvalue weighted by Gasteiger charge is 2.44. The van der Waals surface area contributed by atoms with Gasteiger partial charge in [-0.2, -0.15) is 0 Å². The second-order valence-electron chi connectivity index (χ2n) is 8.66. The number of hydrogen-bond acceptors (Lipinski definition) is 5. The number of aromatic amines is 1. The largest absolute Gasteiger partial charge is 0.466 e. The summed E-state index contributed by atoms with van der Waals surface area (Å²) in [4.78, 5) is 30.0. The number of benzene rings is 2. The van der Waals surface area contributed by atoms with Crippen LogP contribution in [0, 0.1) is 0 Å². The molecule has 2 unspecified atom stereocenters. The maximum absolute atomic E-state index is 13.0. The highest BCUT2D eigenvalue weighted by molar-refractivity contribution is 5.99. The van der Waals surface area contributed by atoms with Crippen LogP contribution in [0.5, 0.6) is 5.75 Å². The van der Waals surface area contributed by atoms with E-state index in [2.05, 4.69) is 40.5 Å². The Morgan fingerprint density at radius 1 is 1.30 bits per heavy atom. The summed E-state index contributed by atoms with van der Waals surface area (Å²) in [7, 11) is 0. The fraction of sp³-hybridized carbons (Fsp3) is 0.280. The summed E-state index contributed by atoms with van der Waals surface area (Å²) >= 11 is 0. The SMILES string of the molecule is CC(c1c[nH]c2ccccc12)N1CCCC2(C1)NC(=O)c1cc(C=CC(=O)NO)ccc1O2. The van der Waals surface area contributed by atoms with Crippen molar-refractivity contribution in [3.05, 3.63) is 71.4 Å². The Morgan fingerprint density at radius 2 is 2.15 bits per heavy atom. The molecule has 2 aliphatic heterocycles. The summed E-state index contributed by atoms with van der Waals surface area (Å²) in [5, 5.41) is 12.9. The zero-order chi connectivity index (χ0) is 23.0. The molecule has 1 spiro atoms. The van der Waals surface area contributed by atoms with Crippen molar-refractivity contribution in [2.24, 2.45) is 0 Å². The van der Waals surface area contributed by atoms with E-state index in [4.69, 9.17) is 9.94 Å². The molecule has 3 heterocycles. The van der Waals surface area contributed by atoms with Crippen LogP contribution in [0.4, 0.5) is 0 Å². The Morgan fingerprint density at radius 3 is 3.00 bits per heavy atom. The van der Waals surface area contributed by atoms with Gasteiger partial charge in [-0.05, 0) is 55.3 Å². The maximum atomic E-state index is 13.0. The molecule has 8 heteroatoms. The number of ether oxygens (including phenoxy) is 1. The second kappa shape index (κ2) is 8.38. The van der Waals surface area contributed by atoms with Gasteiger partial charge in [-0.1, -0.05) is 24.3 Å². The van der Waals surface area contributed by atoms with Crippen LogP contribution in [0.15, 0.2) is 54.7 Å². The third-order valence-electron chi connectivity index (χ3n) is 6.54. The van der Waals surface area contributed by atoms with Crippen molar-refractivity contribution in [2.75, 3.05) is 13.1 Å². The van der Waals surface area contributed by atoms with Crippen molar-refractivity contribution in [2.45, 2.75) is 31.5 Å². The first-order valence-electron chi connectivity index (χ1n) is 11.1. The summed E-state index contributed by atoms with van der Waals surface area (Å²) in [5.74, 6) is -0.303. The summed E-state index contributed by atoms with van der Waals surface area (Å²) in [6, 6.07) is 13.6. The van der Waals surface area contributed by atoms with Crippen molar-refractivity contribution in [1.82, 2.24) is 20.7 Å². The van der Waals surface area contributed by atoms with Gasteiger partial charge in [0, 0.05) is 35.6 Å². The molecule has 0 bridgehead atoms. The Labute approximate surface area is 191 Å². The predicted octanol–water partition coefficient (Wildman–Crippen LogP) is 3.36. The summed E-state index contributed by atoms with van der Waals surface area (Å²) in [6.45, 7) is 3.69. The number of carbonyl (C=O) groups excluding carboxylic acids is 2. The monoisotopic (exact) mass is 446 g/mol. The highest BCUT2D eigenvalue weighted by atomic mass is 16.5. The van der Waals surface area contributed by atoms with E-state index in [1.807, 2.05) is 12.1 Å². The number of likely N-dealkylation sites (tertiary alicyclic amines) is 1. The van der Waals surface area contributed by atoms with E-state index in [-0.39, 0.29) is 11.9 Å². The number of carbonyl (C=O) groups is 2. The van der Waals surface area contributed by atoms with Gasteiger partial charge in [0.25, 0.3) is 11.8 Å². The number of hydrogen-bond donors (Lipinski definition) is 4. The molecular weight excluding hydrogens is 420 g/mol. The average molecular weight is 447 g/mol. The Kier molecular flexibility index (Phi) is 5.39. The number of aromatic nitrogens is 1. The molecule has 33 heavy (non-hydrogen) atoms. The van der Waals surface area contributed by atoms with E-state index in [1.165, 1.54) is 23.1 Å². The molecule has 2 atom stereocenters.